The molecule has 0 saturated carbocycles. The molecule has 9 heteroatoms. The van der Waals surface area contributed by atoms with Crippen molar-refractivity contribution in [2.45, 2.75) is 11.8 Å². The van der Waals surface area contributed by atoms with E-state index in [-0.39, 0.29) is 10.8 Å². The van der Waals surface area contributed by atoms with E-state index in [1.165, 1.54) is 40.5 Å². The summed E-state index contributed by atoms with van der Waals surface area (Å²) in [5.41, 5.74) is 0.783. The number of nitrogens with one attached hydrogen (secondary N) is 1. The molecule has 2 heterocycles. The number of hydrogen-bond acceptors (Lipinski definition) is 6. The number of benzene rings is 1. The van der Waals surface area contributed by atoms with Crippen molar-refractivity contribution in [1.82, 2.24) is 4.98 Å². The minimum atomic E-state index is -3.75. The Bertz CT molecular complexity index is 988. The number of amides is 1. The Labute approximate surface area is 147 Å². The first-order chi connectivity index (χ1) is 11.3. The summed E-state index contributed by atoms with van der Waals surface area (Å²) < 4.78 is 22.4. The van der Waals surface area contributed by atoms with Gasteiger partial charge in [-0.2, -0.15) is 0 Å². The summed E-state index contributed by atoms with van der Waals surface area (Å²) in [7, 11) is -3.75. The van der Waals surface area contributed by atoms with Crippen LogP contribution in [-0.4, -0.2) is 19.3 Å². The Balaban J connectivity index is 1.75. The molecule has 1 aromatic carbocycles. The van der Waals surface area contributed by atoms with Gasteiger partial charge in [0.15, 0.2) is 0 Å². The first-order valence-corrected chi connectivity index (χ1v) is 10.0. The zero-order chi connectivity index (χ0) is 17.3. The number of carbonyl (C=O) groups is 1. The van der Waals surface area contributed by atoms with Crippen LogP contribution in [-0.2, 0) is 10.0 Å². The number of nitrogens with two attached hydrogens (primary N) is 1. The number of thiazole rings is 1. The maximum Gasteiger partial charge on any atom is 0.275 e. The van der Waals surface area contributed by atoms with Crippen LogP contribution in [0.15, 0.2) is 46.7 Å². The van der Waals surface area contributed by atoms with Crippen LogP contribution < -0.4 is 10.5 Å². The van der Waals surface area contributed by atoms with Crippen molar-refractivity contribution in [3.63, 3.8) is 0 Å². The highest BCUT2D eigenvalue weighted by atomic mass is 32.2. The Kier molecular flexibility index (Phi) is 4.50. The standard InChI is InChI=1S/C15H13N3O3S3/c1-9-2-7-13(23-9)15-18-12(8-22-15)14(19)17-10-3-5-11(6-4-10)24(16,20)21/h2-8H,1H3,(H,17,19)(H2,16,20,21). The van der Waals surface area contributed by atoms with E-state index in [2.05, 4.69) is 10.3 Å². The van der Waals surface area contributed by atoms with E-state index in [9.17, 15) is 13.2 Å². The van der Waals surface area contributed by atoms with E-state index in [1.807, 2.05) is 19.1 Å². The summed E-state index contributed by atoms with van der Waals surface area (Å²) in [5, 5.41) is 10.2. The lowest BCUT2D eigenvalue weighted by Gasteiger charge is -2.04. The van der Waals surface area contributed by atoms with Crippen molar-refractivity contribution in [2.75, 3.05) is 5.32 Å². The number of carbonyl (C=O) groups excluding carboxylic acids is 1. The fourth-order valence-corrected chi connectivity index (χ4v) is 4.22. The fraction of sp³-hybridized carbons (Fsp3) is 0.0667. The quantitative estimate of drug-likeness (QED) is 0.727. The minimum Gasteiger partial charge on any atom is -0.321 e. The lowest BCUT2D eigenvalue weighted by Crippen LogP contribution is -2.14. The summed E-state index contributed by atoms with van der Waals surface area (Å²) in [4.78, 5) is 18.8. The van der Waals surface area contributed by atoms with Gasteiger partial charge in [0.25, 0.3) is 5.91 Å². The molecule has 0 aliphatic carbocycles. The highest BCUT2D eigenvalue weighted by Crippen LogP contribution is 2.30. The number of rotatable bonds is 4. The van der Waals surface area contributed by atoms with Crippen molar-refractivity contribution in [3.8, 4) is 9.88 Å². The molecule has 0 aliphatic heterocycles. The molecule has 124 valence electrons. The van der Waals surface area contributed by atoms with E-state index in [0.717, 1.165) is 9.88 Å². The van der Waals surface area contributed by atoms with Gasteiger partial charge < -0.3 is 5.32 Å². The predicted octanol–water partition coefficient (Wildman–Crippen LogP) is 3.08. The molecule has 0 saturated heterocycles. The van der Waals surface area contributed by atoms with E-state index in [0.29, 0.717) is 11.4 Å². The largest absolute Gasteiger partial charge is 0.321 e. The average Bonchev–Trinajstić information content (AvgIpc) is 3.15. The van der Waals surface area contributed by atoms with Gasteiger partial charge in [0.1, 0.15) is 10.7 Å². The predicted molar refractivity (Wildman–Crippen MR) is 95.9 cm³/mol. The third kappa shape index (κ3) is 3.70. The second kappa shape index (κ2) is 6.44. The van der Waals surface area contributed by atoms with Crippen molar-refractivity contribution in [1.29, 1.82) is 0 Å². The Morgan fingerprint density at radius 1 is 1.17 bits per heavy atom. The molecule has 3 N–H and O–H groups in total. The normalized spacial score (nSPS) is 11.4. The molecule has 24 heavy (non-hydrogen) atoms. The van der Waals surface area contributed by atoms with Crippen LogP contribution in [0.1, 0.15) is 15.4 Å². The maximum atomic E-state index is 12.2. The number of sulfonamides is 1. The fourth-order valence-electron chi connectivity index (χ4n) is 1.96. The van der Waals surface area contributed by atoms with Crippen LogP contribution in [0.3, 0.4) is 0 Å². The maximum absolute atomic E-state index is 12.2. The molecule has 3 rings (SSSR count). The summed E-state index contributed by atoms with van der Waals surface area (Å²) in [6.45, 7) is 2.01. The number of nitrogens with zero attached hydrogens (tertiary/aromatic N) is 1. The van der Waals surface area contributed by atoms with Crippen LogP contribution in [0, 0.1) is 6.92 Å². The van der Waals surface area contributed by atoms with Gasteiger partial charge in [-0.15, -0.1) is 22.7 Å². The number of aromatic nitrogens is 1. The second-order valence-electron chi connectivity index (χ2n) is 4.97. The zero-order valence-corrected chi connectivity index (χ0v) is 15.0. The molecule has 0 atom stereocenters. The number of hydrogen-bond donors (Lipinski definition) is 2. The third-order valence-corrected chi connectivity index (χ3v) is 6.07. The van der Waals surface area contributed by atoms with E-state index < -0.39 is 10.0 Å². The highest BCUT2D eigenvalue weighted by molar-refractivity contribution is 7.89. The molecule has 0 aliphatic rings. The molecule has 2 aromatic heterocycles. The molecule has 0 bridgehead atoms. The molecule has 3 aromatic rings. The van der Waals surface area contributed by atoms with Crippen molar-refractivity contribution < 1.29 is 13.2 Å². The lowest BCUT2D eigenvalue weighted by molar-refractivity contribution is 0.102. The summed E-state index contributed by atoms with van der Waals surface area (Å²) >= 11 is 3.02. The van der Waals surface area contributed by atoms with Gasteiger partial charge in [0.2, 0.25) is 10.0 Å². The van der Waals surface area contributed by atoms with Crippen LogP contribution in [0.5, 0.6) is 0 Å². The molecule has 0 spiro atoms. The van der Waals surface area contributed by atoms with Gasteiger partial charge in [-0.05, 0) is 43.3 Å². The van der Waals surface area contributed by atoms with Crippen molar-refractivity contribution in [2.24, 2.45) is 5.14 Å². The molecule has 0 fully saturated rings. The van der Waals surface area contributed by atoms with Gasteiger partial charge in [-0.3, -0.25) is 4.79 Å². The Morgan fingerprint density at radius 2 is 1.88 bits per heavy atom. The third-order valence-electron chi connectivity index (χ3n) is 3.13. The van der Waals surface area contributed by atoms with E-state index >= 15 is 0 Å². The average molecular weight is 379 g/mol. The van der Waals surface area contributed by atoms with Crippen LogP contribution in [0.4, 0.5) is 5.69 Å². The van der Waals surface area contributed by atoms with Crippen molar-refractivity contribution in [3.05, 3.63) is 52.3 Å². The number of aryl methyl sites for hydroxylation is 1. The smallest absolute Gasteiger partial charge is 0.275 e. The number of anilines is 1. The monoisotopic (exact) mass is 379 g/mol. The zero-order valence-electron chi connectivity index (χ0n) is 12.5. The minimum absolute atomic E-state index is 0.00971. The number of thiophene rings is 1. The summed E-state index contributed by atoms with van der Waals surface area (Å²) in [6, 6.07) is 9.62. The topological polar surface area (TPSA) is 102 Å². The lowest BCUT2D eigenvalue weighted by atomic mass is 10.3. The molecular weight excluding hydrogens is 366 g/mol. The summed E-state index contributed by atoms with van der Waals surface area (Å²) in [5.74, 6) is -0.353. The van der Waals surface area contributed by atoms with Gasteiger partial charge in [0.05, 0.1) is 9.77 Å². The molecular formula is C15H13N3O3S3. The van der Waals surface area contributed by atoms with Crippen LogP contribution in [0.25, 0.3) is 9.88 Å². The highest BCUT2D eigenvalue weighted by Gasteiger charge is 2.14. The molecule has 0 radical (unpaired) electrons. The first kappa shape index (κ1) is 16.8. The van der Waals surface area contributed by atoms with Gasteiger partial charge >= 0.3 is 0 Å². The summed E-state index contributed by atoms with van der Waals surface area (Å²) in [6.07, 6.45) is 0. The first-order valence-electron chi connectivity index (χ1n) is 6.79. The van der Waals surface area contributed by atoms with Gasteiger partial charge in [-0.1, -0.05) is 0 Å². The van der Waals surface area contributed by atoms with Crippen molar-refractivity contribution >= 4 is 44.3 Å². The van der Waals surface area contributed by atoms with Crippen LogP contribution in [0.2, 0.25) is 0 Å². The Hall–Kier alpha value is -2.07. The van der Waals surface area contributed by atoms with E-state index in [1.54, 1.807) is 16.7 Å². The SMILES string of the molecule is Cc1ccc(-c2nc(C(=O)Nc3ccc(S(N)(=O)=O)cc3)cs2)s1. The Morgan fingerprint density at radius 3 is 2.46 bits per heavy atom. The molecule has 0 unspecified atom stereocenters. The van der Waals surface area contributed by atoms with Gasteiger partial charge in [-0.25, -0.2) is 18.5 Å². The van der Waals surface area contributed by atoms with Gasteiger partial charge in [0, 0.05) is 15.9 Å². The number of primary sulfonamides is 1. The second-order valence-corrected chi connectivity index (χ2v) is 8.68. The molecule has 1 amide bonds. The van der Waals surface area contributed by atoms with E-state index in [4.69, 9.17) is 5.14 Å². The molecule has 6 nitrogen and oxygen atoms in total. The van der Waals surface area contributed by atoms with Crippen LogP contribution >= 0.6 is 22.7 Å².